The smallest absolute Gasteiger partial charge is 0.251 e. The van der Waals surface area contributed by atoms with Gasteiger partial charge < -0.3 is 10.2 Å². The normalized spacial score (nSPS) is 15.2. The highest BCUT2D eigenvalue weighted by molar-refractivity contribution is 5.94. The molecule has 1 amide bonds. The monoisotopic (exact) mass is 405 g/mol. The third-order valence-corrected chi connectivity index (χ3v) is 5.54. The Kier molecular flexibility index (Phi) is 6.46. The summed E-state index contributed by atoms with van der Waals surface area (Å²) >= 11 is 0. The summed E-state index contributed by atoms with van der Waals surface area (Å²) in [7, 11) is 0. The molecule has 1 fully saturated rings. The molecule has 4 rings (SSSR count). The molecular formula is C22H27N7O. The molecule has 0 aliphatic carbocycles. The van der Waals surface area contributed by atoms with Gasteiger partial charge in [-0.3, -0.25) is 9.69 Å². The van der Waals surface area contributed by atoms with E-state index in [2.05, 4.69) is 61.8 Å². The molecule has 0 spiro atoms. The molecule has 1 aliphatic heterocycles. The Morgan fingerprint density at radius 2 is 1.60 bits per heavy atom. The molecule has 30 heavy (non-hydrogen) atoms. The van der Waals surface area contributed by atoms with Crippen LogP contribution < -0.4 is 5.32 Å². The molecule has 1 N–H and O–H groups in total. The molecule has 0 atom stereocenters. The molecule has 2 aromatic carbocycles. The maximum Gasteiger partial charge on any atom is 0.251 e. The Morgan fingerprint density at radius 3 is 2.23 bits per heavy atom. The fraction of sp³-hybridized carbons (Fsp3) is 0.364. The lowest BCUT2D eigenvalue weighted by atomic mass is 10.1. The number of likely N-dealkylation sites (N-methyl/N-ethyl adjacent to an activating group) is 1. The first kappa shape index (κ1) is 20.2. The number of nitrogens with one attached hydrogen (secondary N) is 1. The van der Waals surface area contributed by atoms with Gasteiger partial charge in [0.15, 0.2) is 0 Å². The van der Waals surface area contributed by atoms with E-state index < -0.39 is 0 Å². The first-order valence-electron chi connectivity index (χ1n) is 10.4. The number of benzene rings is 2. The first-order chi connectivity index (χ1) is 14.7. The number of nitrogens with zero attached hydrogens (tertiary/aromatic N) is 6. The van der Waals surface area contributed by atoms with Crippen molar-refractivity contribution in [3.8, 4) is 5.69 Å². The lowest BCUT2D eigenvalue weighted by Gasteiger charge is -2.34. The van der Waals surface area contributed by atoms with Crippen molar-refractivity contribution in [2.45, 2.75) is 20.0 Å². The number of amides is 1. The van der Waals surface area contributed by atoms with Crippen molar-refractivity contribution in [1.82, 2.24) is 35.3 Å². The van der Waals surface area contributed by atoms with E-state index in [1.807, 2.05) is 12.1 Å². The zero-order valence-electron chi connectivity index (χ0n) is 17.2. The molecule has 0 saturated carbocycles. The number of tetrazole rings is 1. The minimum Gasteiger partial charge on any atom is -0.348 e. The molecule has 0 unspecified atom stereocenters. The van der Waals surface area contributed by atoms with Crippen LogP contribution >= 0.6 is 0 Å². The van der Waals surface area contributed by atoms with Gasteiger partial charge in [0.05, 0.1) is 5.69 Å². The maximum atomic E-state index is 12.4. The summed E-state index contributed by atoms with van der Waals surface area (Å²) in [6.07, 6.45) is 1.52. The van der Waals surface area contributed by atoms with Crippen LogP contribution in [0.2, 0.25) is 0 Å². The summed E-state index contributed by atoms with van der Waals surface area (Å²) in [5.41, 5.74) is 3.82. The fourth-order valence-electron chi connectivity index (χ4n) is 3.61. The van der Waals surface area contributed by atoms with Gasteiger partial charge in [0.1, 0.15) is 6.33 Å². The van der Waals surface area contributed by atoms with Crippen molar-refractivity contribution in [3.63, 3.8) is 0 Å². The highest BCUT2D eigenvalue weighted by Crippen LogP contribution is 2.11. The van der Waals surface area contributed by atoms with Gasteiger partial charge in [0.2, 0.25) is 0 Å². The van der Waals surface area contributed by atoms with E-state index in [-0.39, 0.29) is 5.91 Å². The quantitative estimate of drug-likeness (QED) is 0.645. The summed E-state index contributed by atoms with van der Waals surface area (Å²) in [4.78, 5) is 17.4. The van der Waals surface area contributed by atoms with Gasteiger partial charge in [-0.25, -0.2) is 4.68 Å². The molecule has 156 valence electrons. The Bertz CT molecular complexity index is 931. The number of rotatable bonds is 7. The van der Waals surface area contributed by atoms with E-state index in [9.17, 15) is 4.79 Å². The molecule has 0 bridgehead atoms. The highest BCUT2D eigenvalue weighted by atomic mass is 16.1. The molecule has 8 nitrogen and oxygen atoms in total. The van der Waals surface area contributed by atoms with Gasteiger partial charge >= 0.3 is 0 Å². The van der Waals surface area contributed by atoms with Crippen LogP contribution in [-0.2, 0) is 13.1 Å². The van der Waals surface area contributed by atoms with E-state index in [0.717, 1.165) is 50.5 Å². The molecule has 0 radical (unpaired) electrons. The summed E-state index contributed by atoms with van der Waals surface area (Å²) in [6.45, 7) is 9.39. The topological polar surface area (TPSA) is 79.2 Å². The molecule has 3 aromatic rings. The van der Waals surface area contributed by atoms with Crippen molar-refractivity contribution in [3.05, 3.63) is 71.5 Å². The largest absolute Gasteiger partial charge is 0.348 e. The maximum absolute atomic E-state index is 12.4. The highest BCUT2D eigenvalue weighted by Gasteiger charge is 2.15. The zero-order valence-corrected chi connectivity index (χ0v) is 17.2. The van der Waals surface area contributed by atoms with E-state index >= 15 is 0 Å². The average Bonchev–Trinajstić information content (AvgIpc) is 3.34. The summed E-state index contributed by atoms with van der Waals surface area (Å²) in [5.74, 6) is -0.101. The molecular weight excluding hydrogens is 378 g/mol. The van der Waals surface area contributed by atoms with Crippen LogP contribution in [0.15, 0.2) is 54.9 Å². The number of piperazine rings is 1. The second-order valence-corrected chi connectivity index (χ2v) is 7.51. The third-order valence-electron chi connectivity index (χ3n) is 5.54. The summed E-state index contributed by atoms with van der Waals surface area (Å²) in [5, 5.41) is 14.0. The lowest BCUT2D eigenvalue weighted by molar-refractivity contribution is 0.0951. The molecule has 8 heteroatoms. The van der Waals surface area contributed by atoms with E-state index in [1.165, 1.54) is 11.9 Å². The van der Waals surface area contributed by atoms with Crippen molar-refractivity contribution >= 4 is 5.91 Å². The Labute approximate surface area is 176 Å². The van der Waals surface area contributed by atoms with Crippen LogP contribution in [0.4, 0.5) is 0 Å². The second-order valence-electron chi connectivity index (χ2n) is 7.51. The van der Waals surface area contributed by atoms with Crippen molar-refractivity contribution in [2.75, 3.05) is 32.7 Å². The number of hydrogen-bond donors (Lipinski definition) is 1. The van der Waals surface area contributed by atoms with Crippen molar-refractivity contribution < 1.29 is 4.79 Å². The Morgan fingerprint density at radius 1 is 0.933 bits per heavy atom. The third kappa shape index (κ3) is 5.08. The first-order valence-corrected chi connectivity index (χ1v) is 10.4. The molecule has 1 saturated heterocycles. The molecule has 2 heterocycles. The fourth-order valence-corrected chi connectivity index (χ4v) is 3.61. The van der Waals surface area contributed by atoms with Gasteiger partial charge in [-0.05, 0) is 52.4 Å². The number of carbonyl (C=O) groups excluding carboxylic acids is 1. The van der Waals surface area contributed by atoms with Crippen LogP contribution in [0, 0.1) is 0 Å². The summed E-state index contributed by atoms with van der Waals surface area (Å²) in [6, 6.07) is 15.7. The number of carbonyl (C=O) groups is 1. The standard InChI is InChI=1S/C22H27N7O/c1-2-27-11-13-28(14-12-27)16-19-5-3-18(4-6-19)15-23-22(30)20-7-9-21(10-8-20)29-17-24-25-26-29/h3-10,17H,2,11-16H2,1H3,(H,23,30). The van der Waals surface area contributed by atoms with Gasteiger partial charge in [-0.2, -0.15) is 0 Å². The van der Waals surface area contributed by atoms with E-state index in [0.29, 0.717) is 12.1 Å². The zero-order chi connectivity index (χ0) is 20.8. The van der Waals surface area contributed by atoms with E-state index in [4.69, 9.17) is 0 Å². The summed E-state index contributed by atoms with van der Waals surface area (Å²) < 4.78 is 1.55. The van der Waals surface area contributed by atoms with Crippen LogP contribution in [0.1, 0.15) is 28.4 Å². The van der Waals surface area contributed by atoms with Gasteiger partial charge in [-0.1, -0.05) is 31.2 Å². The van der Waals surface area contributed by atoms with Gasteiger partial charge in [0.25, 0.3) is 5.91 Å². The van der Waals surface area contributed by atoms with Gasteiger partial charge in [0, 0.05) is 44.8 Å². The molecule has 1 aromatic heterocycles. The van der Waals surface area contributed by atoms with Crippen LogP contribution in [0.3, 0.4) is 0 Å². The van der Waals surface area contributed by atoms with Crippen molar-refractivity contribution in [1.29, 1.82) is 0 Å². The van der Waals surface area contributed by atoms with Gasteiger partial charge in [-0.15, -0.1) is 5.10 Å². The van der Waals surface area contributed by atoms with Crippen LogP contribution in [0.25, 0.3) is 5.69 Å². The number of aromatic nitrogens is 4. The molecule has 1 aliphatic rings. The minimum absolute atomic E-state index is 0.101. The van der Waals surface area contributed by atoms with E-state index in [1.54, 1.807) is 16.8 Å². The average molecular weight is 406 g/mol. The SMILES string of the molecule is CCN1CCN(Cc2ccc(CNC(=O)c3ccc(-n4cnnn4)cc3)cc2)CC1. The van der Waals surface area contributed by atoms with Crippen LogP contribution in [-0.4, -0.2) is 68.6 Å². The number of hydrogen-bond acceptors (Lipinski definition) is 6. The predicted molar refractivity (Wildman–Crippen MR) is 114 cm³/mol. The Balaban J connectivity index is 1.26. The Hall–Kier alpha value is -3.10. The van der Waals surface area contributed by atoms with Crippen LogP contribution in [0.5, 0.6) is 0 Å². The minimum atomic E-state index is -0.101. The second kappa shape index (κ2) is 9.60. The lowest BCUT2D eigenvalue weighted by Crippen LogP contribution is -2.45. The van der Waals surface area contributed by atoms with Crippen molar-refractivity contribution in [2.24, 2.45) is 0 Å². The predicted octanol–water partition coefficient (Wildman–Crippen LogP) is 1.73.